The summed E-state index contributed by atoms with van der Waals surface area (Å²) < 4.78 is 0. The second-order valence-electron chi connectivity index (χ2n) is 5.33. The molecule has 1 heterocycles. The number of hydrogen-bond acceptors (Lipinski definition) is 2. The van der Waals surface area contributed by atoms with Crippen molar-refractivity contribution in [2.24, 2.45) is 0 Å². The number of carbonyl (C=O) groups is 1. The van der Waals surface area contributed by atoms with Crippen LogP contribution in [0.15, 0.2) is 48.8 Å². The fourth-order valence-corrected chi connectivity index (χ4v) is 2.32. The van der Waals surface area contributed by atoms with Gasteiger partial charge in [-0.15, -0.1) is 0 Å². The average Bonchev–Trinajstić information content (AvgIpc) is 2.46. The number of halogens is 1. The van der Waals surface area contributed by atoms with Gasteiger partial charge in [-0.25, -0.2) is 0 Å². The minimum Gasteiger partial charge on any atom is -0.353 e. The maximum Gasteiger partial charge on any atom is 0.228 e. The first-order chi connectivity index (χ1) is 10.1. The minimum absolute atomic E-state index is 0.0316. The Bertz CT molecular complexity index is 581. The van der Waals surface area contributed by atoms with Crippen molar-refractivity contribution in [3.8, 4) is 0 Å². The molecule has 0 spiro atoms. The molecule has 3 nitrogen and oxygen atoms in total. The Morgan fingerprint density at radius 2 is 1.76 bits per heavy atom. The van der Waals surface area contributed by atoms with Crippen molar-refractivity contribution in [3.63, 3.8) is 0 Å². The minimum atomic E-state index is -0.230. The molecule has 110 valence electrons. The third-order valence-electron chi connectivity index (χ3n) is 3.21. The molecular weight excluding hydrogens is 284 g/mol. The highest BCUT2D eigenvalue weighted by Gasteiger charge is 2.21. The number of pyridine rings is 1. The Balaban J connectivity index is 2.25. The lowest BCUT2D eigenvalue weighted by atomic mass is 9.91. The monoisotopic (exact) mass is 302 g/mol. The molecule has 2 aromatic rings. The summed E-state index contributed by atoms with van der Waals surface area (Å²) in [7, 11) is 0. The van der Waals surface area contributed by atoms with E-state index in [1.165, 1.54) is 0 Å². The summed E-state index contributed by atoms with van der Waals surface area (Å²) in [5.41, 5.74) is 2.05. The van der Waals surface area contributed by atoms with Crippen LogP contribution in [0.25, 0.3) is 0 Å². The molecule has 2 rings (SSSR count). The highest BCUT2D eigenvalue weighted by molar-refractivity contribution is 6.30. The van der Waals surface area contributed by atoms with Crippen LogP contribution in [0, 0.1) is 0 Å². The van der Waals surface area contributed by atoms with Gasteiger partial charge in [0.15, 0.2) is 0 Å². The van der Waals surface area contributed by atoms with E-state index in [-0.39, 0.29) is 17.9 Å². The van der Waals surface area contributed by atoms with Crippen LogP contribution in [0.1, 0.15) is 30.9 Å². The molecule has 0 aliphatic carbocycles. The van der Waals surface area contributed by atoms with Gasteiger partial charge in [0.2, 0.25) is 5.91 Å². The van der Waals surface area contributed by atoms with E-state index < -0.39 is 0 Å². The molecular formula is C17H19ClN2O. The summed E-state index contributed by atoms with van der Waals surface area (Å²) in [6.45, 7) is 3.92. The summed E-state index contributed by atoms with van der Waals surface area (Å²) in [6, 6.07) is 11.4. The van der Waals surface area contributed by atoms with Crippen LogP contribution in [-0.4, -0.2) is 16.9 Å². The second-order valence-corrected chi connectivity index (χ2v) is 5.76. The molecule has 0 saturated heterocycles. The van der Waals surface area contributed by atoms with Crippen molar-refractivity contribution in [1.29, 1.82) is 0 Å². The zero-order chi connectivity index (χ0) is 15.2. The second kappa shape index (κ2) is 7.23. The molecule has 0 saturated carbocycles. The molecule has 1 aromatic heterocycles. The normalized spacial score (nSPS) is 12.2. The molecule has 1 unspecified atom stereocenters. The number of carbonyl (C=O) groups excluding carboxylic acids is 1. The third-order valence-corrected chi connectivity index (χ3v) is 3.46. The van der Waals surface area contributed by atoms with E-state index in [4.69, 9.17) is 11.6 Å². The van der Waals surface area contributed by atoms with Crippen LogP contribution in [0.4, 0.5) is 0 Å². The lowest BCUT2D eigenvalue weighted by Crippen LogP contribution is -2.35. The van der Waals surface area contributed by atoms with Gasteiger partial charge in [0, 0.05) is 23.5 Å². The maximum atomic E-state index is 12.5. The topological polar surface area (TPSA) is 42.0 Å². The number of amides is 1. The van der Waals surface area contributed by atoms with Crippen molar-refractivity contribution in [1.82, 2.24) is 10.3 Å². The Morgan fingerprint density at radius 1 is 1.14 bits per heavy atom. The lowest BCUT2D eigenvalue weighted by Gasteiger charge is -2.19. The van der Waals surface area contributed by atoms with Crippen LogP contribution in [0.5, 0.6) is 0 Å². The van der Waals surface area contributed by atoms with Gasteiger partial charge >= 0.3 is 0 Å². The quantitative estimate of drug-likeness (QED) is 0.917. The standard InChI is InChI=1S/C17H19ClN2O/c1-12(2)20-17(21)16(11-13-7-9-19-10-8-13)14-3-5-15(18)6-4-14/h3-10,12,16H,11H2,1-2H3,(H,20,21). The Morgan fingerprint density at radius 3 is 2.33 bits per heavy atom. The van der Waals surface area contributed by atoms with E-state index in [9.17, 15) is 4.79 Å². The predicted molar refractivity (Wildman–Crippen MR) is 85.4 cm³/mol. The first-order valence-electron chi connectivity index (χ1n) is 7.01. The van der Waals surface area contributed by atoms with Crippen LogP contribution in [0.2, 0.25) is 5.02 Å². The molecule has 4 heteroatoms. The van der Waals surface area contributed by atoms with Gasteiger partial charge < -0.3 is 5.32 Å². The van der Waals surface area contributed by atoms with Gasteiger partial charge in [-0.1, -0.05) is 23.7 Å². The molecule has 0 aliphatic heterocycles. The lowest BCUT2D eigenvalue weighted by molar-refractivity contribution is -0.123. The number of hydrogen-bond donors (Lipinski definition) is 1. The Kier molecular flexibility index (Phi) is 5.34. The highest BCUT2D eigenvalue weighted by atomic mass is 35.5. The fraction of sp³-hybridized carbons (Fsp3) is 0.294. The van der Waals surface area contributed by atoms with Crippen molar-refractivity contribution < 1.29 is 4.79 Å². The zero-order valence-electron chi connectivity index (χ0n) is 12.2. The number of nitrogens with zero attached hydrogens (tertiary/aromatic N) is 1. The SMILES string of the molecule is CC(C)NC(=O)C(Cc1ccncc1)c1ccc(Cl)cc1. The van der Waals surface area contributed by atoms with Gasteiger partial charge in [0.25, 0.3) is 0 Å². The van der Waals surface area contributed by atoms with Gasteiger partial charge in [0.05, 0.1) is 5.92 Å². The summed E-state index contributed by atoms with van der Waals surface area (Å²) in [5, 5.41) is 3.66. The van der Waals surface area contributed by atoms with Gasteiger partial charge in [-0.2, -0.15) is 0 Å². The first-order valence-corrected chi connectivity index (χ1v) is 7.39. The third kappa shape index (κ3) is 4.57. The number of aromatic nitrogens is 1. The summed E-state index contributed by atoms with van der Waals surface area (Å²) in [4.78, 5) is 16.5. The predicted octanol–water partition coefficient (Wildman–Crippen LogP) is 3.59. The maximum absolute atomic E-state index is 12.5. The van der Waals surface area contributed by atoms with Crippen LogP contribution in [-0.2, 0) is 11.2 Å². The molecule has 1 amide bonds. The average molecular weight is 303 g/mol. The molecule has 1 aromatic carbocycles. The van der Waals surface area contributed by atoms with E-state index in [1.807, 2.05) is 50.2 Å². The summed E-state index contributed by atoms with van der Waals surface area (Å²) in [5.74, 6) is -0.198. The summed E-state index contributed by atoms with van der Waals surface area (Å²) >= 11 is 5.93. The number of benzene rings is 1. The van der Waals surface area contributed by atoms with Crippen LogP contribution < -0.4 is 5.32 Å². The van der Waals surface area contributed by atoms with E-state index in [0.717, 1.165) is 11.1 Å². The van der Waals surface area contributed by atoms with Crippen molar-refractivity contribution in [2.75, 3.05) is 0 Å². The van der Waals surface area contributed by atoms with E-state index in [1.54, 1.807) is 12.4 Å². The molecule has 21 heavy (non-hydrogen) atoms. The Labute approximate surface area is 130 Å². The molecule has 0 radical (unpaired) electrons. The smallest absolute Gasteiger partial charge is 0.228 e. The van der Waals surface area contributed by atoms with E-state index in [2.05, 4.69) is 10.3 Å². The molecule has 0 bridgehead atoms. The highest BCUT2D eigenvalue weighted by Crippen LogP contribution is 2.23. The van der Waals surface area contributed by atoms with E-state index >= 15 is 0 Å². The van der Waals surface area contributed by atoms with E-state index in [0.29, 0.717) is 11.4 Å². The largest absolute Gasteiger partial charge is 0.353 e. The van der Waals surface area contributed by atoms with Crippen molar-refractivity contribution in [3.05, 3.63) is 64.9 Å². The van der Waals surface area contributed by atoms with Crippen molar-refractivity contribution in [2.45, 2.75) is 32.2 Å². The molecule has 0 aliphatic rings. The van der Waals surface area contributed by atoms with Crippen LogP contribution >= 0.6 is 11.6 Å². The Hall–Kier alpha value is -1.87. The number of nitrogens with one attached hydrogen (secondary N) is 1. The zero-order valence-corrected chi connectivity index (χ0v) is 13.0. The van der Waals surface area contributed by atoms with Gasteiger partial charge in [-0.3, -0.25) is 9.78 Å². The number of rotatable bonds is 5. The first kappa shape index (κ1) is 15.5. The van der Waals surface area contributed by atoms with Gasteiger partial charge in [0.1, 0.15) is 0 Å². The van der Waals surface area contributed by atoms with Gasteiger partial charge in [-0.05, 0) is 55.7 Å². The van der Waals surface area contributed by atoms with Crippen LogP contribution in [0.3, 0.4) is 0 Å². The molecule has 1 N–H and O–H groups in total. The summed E-state index contributed by atoms with van der Waals surface area (Å²) in [6.07, 6.45) is 4.13. The fourth-order valence-electron chi connectivity index (χ4n) is 2.20. The molecule has 0 fully saturated rings. The molecule has 1 atom stereocenters. The van der Waals surface area contributed by atoms with Crippen molar-refractivity contribution >= 4 is 17.5 Å².